The SMILES string of the molecule is CC(C)NC(=O)Cn1cc(CCC(=O)O)c2ccccc21. The minimum atomic E-state index is -0.815. The molecule has 0 aliphatic carbocycles. The number of amides is 1. The predicted molar refractivity (Wildman–Crippen MR) is 81.2 cm³/mol. The first-order valence-electron chi connectivity index (χ1n) is 7.05. The molecule has 0 saturated carbocycles. The van der Waals surface area contributed by atoms with Gasteiger partial charge in [0, 0.05) is 29.6 Å². The normalized spacial score (nSPS) is 11.0. The summed E-state index contributed by atoms with van der Waals surface area (Å²) < 4.78 is 1.88. The van der Waals surface area contributed by atoms with Crippen molar-refractivity contribution < 1.29 is 14.7 Å². The fourth-order valence-corrected chi connectivity index (χ4v) is 2.42. The maximum Gasteiger partial charge on any atom is 0.303 e. The van der Waals surface area contributed by atoms with E-state index in [1.54, 1.807) is 0 Å². The molecule has 2 aromatic rings. The molecule has 0 bridgehead atoms. The molecular formula is C16H20N2O3. The summed E-state index contributed by atoms with van der Waals surface area (Å²) in [6, 6.07) is 7.85. The molecule has 2 N–H and O–H groups in total. The first kappa shape index (κ1) is 15.1. The molecule has 0 aliphatic rings. The molecule has 1 aromatic carbocycles. The van der Waals surface area contributed by atoms with Crippen molar-refractivity contribution in [2.45, 2.75) is 39.3 Å². The van der Waals surface area contributed by atoms with Crippen molar-refractivity contribution in [3.63, 3.8) is 0 Å². The van der Waals surface area contributed by atoms with E-state index in [9.17, 15) is 9.59 Å². The molecule has 5 heteroatoms. The zero-order chi connectivity index (χ0) is 15.4. The minimum absolute atomic E-state index is 0.0458. The second kappa shape index (κ2) is 6.43. The van der Waals surface area contributed by atoms with Gasteiger partial charge in [0.1, 0.15) is 6.54 Å². The number of rotatable bonds is 6. The van der Waals surface area contributed by atoms with Crippen LogP contribution in [-0.2, 0) is 22.6 Å². The van der Waals surface area contributed by atoms with E-state index in [0.29, 0.717) is 6.42 Å². The van der Waals surface area contributed by atoms with Gasteiger partial charge in [-0.1, -0.05) is 18.2 Å². The first-order chi connectivity index (χ1) is 9.97. The number of carbonyl (C=O) groups excluding carboxylic acids is 1. The largest absolute Gasteiger partial charge is 0.481 e. The second-order valence-corrected chi connectivity index (χ2v) is 5.42. The molecule has 0 spiro atoms. The molecule has 0 radical (unpaired) electrons. The summed E-state index contributed by atoms with van der Waals surface area (Å²) in [4.78, 5) is 22.7. The van der Waals surface area contributed by atoms with Crippen LogP contribution in [0.5, 0.6) is 0 Å². The topological polar surface area (TPSA) is 71.3 Å². The molecule has 0 unspecified atom stereocenters. The fraction of sp³-hybridized carbons (Fsp3) is 0.375. The van der Waals surface area contributed by atoms with Gasteiger partial charge in [0.15, 0.2) is 0 Å². The summed E-state index contributed by atoms with van der Waals surface area (Å²) in [5.41, 5.74) is 1.92. The lowest BCUT2D eigenvalue weighted by Gasteiger charge is -2.09. The third kappa shape index (κ3) is 3.84. The van der Waals surface area contributed by atoms with Crippen LogP contribution in [0.3, 0.4) is 0 Å². The monoisotopic (exact) mass is 288 g/mol. The zero-order valence-corrected chi connectivity index (χ0v) is 12.3. The van der Waals surface area contributed by atoms with Crippen molar-refractivity contribution in [1.29, 1.82) is 0 Å². The molecule has 5 nitrogen and oxygen atoms in total. The average molecular weight is 288 g/mol. The highest BCUT2D eigenvalue weighted by atomic mass is 16.4. The Morgan fingerprint density at radius 2 is 2.00 bits per heavy atom. The first-order valence-corrected chi connectivity index (χ1v) is 7.05. The van der Waals surface area contributed by atoms with Crippen molar-refractivity contribution in [2.24, 2.45) is 0 Å². The Morgan fingerprint density at radius 3 is 2.67 bits per heavy atom. The van der Waals surface area contributed by atoms with Crippen LogP contribution in [-0.4, -0.2) is 27.6 Å². The summed E-state index contributed by atoms with van der Waals surface area (Å²) in [5.74, 6) is -0.861. The van der Waals surface area contributed by atoms with Crippen molar-refractivity contribution in [2.75, 3.05) is 0 Å². The fourth-order valence-electron chi connectivity index (χ4n) is 2.42. The Kier molecular flexibility index (Phi) is 4.62. The molecule has 21 heavy (non-hydrogen) atoms. The summed E-state index contributed by atoms with van der Waals surface area (Å²) in [5, 5.41) is 12.7. The van der Waals surface area contributed by atoms with Crippen LogP contribution >= 0.6 is 0 Å². The molecule has 0 atom stereocenters. The van der Waals surface area contributed by atoms with Crippen molar-refractivity contribution >= 4 is 22.8 Å². The van der Waals surface area contributed by atoms with E-state index in [4.69, 9.17) is 5.11 Å². The number of nitrogens with zero attached hydrogens (tertiary/aromatic N) is 1. The number of aryl methyl sites for hydroxylation is 1. The Balaban J connectivity index is 2.27. The molecule has 1 aromatic heterocycles. The number of fused-ring (bicyclic) bond motifs is 1. The Bertz CT molecular complexity index is 659. The van der Waals surface area contributed by atoms with Gasteiger partial charge in [0.05, 0.1) is 0 Å². The molecule has 1 amide bonds. The summed E-state index contributed by atoms with van der Waals surface area (Å²) >= 11 is 0. The Morgan fingerprint density at radius 1 is 1.29 bits per heavy atom. The van der Waals surface area contributed by atoms with Crippen LogP contribution < -0.4 is 5.32 Å². The molecule has 0 fully saturated rings. The van der Waals surface area contributed by atoms with E-state index in [1.165, 1.54) is 0 Å². The third-order valence-electron chi connectivity index (χ3n) is 3.24. The second-order valence-electron chi connectivity index (χ2n) is 5.42. The lowest BCUT2D eigenvalue weighted by molar-refractivity contribution is -0.137. The number of carbonyl (C=O) groups is 2. The van der Waals surface area contributed by atoms with Gasteiger partial charge >= 0.3 is 5.97 Å². The number of para-hydroxylation sites is 1. The molecule has 1 heterocycles. The third-order valence-corrected chi connectivity index (χ3v) is 3.24. The van der Waals surface area contributed by atoms with E-state index >= 15 is 0 Å². The number of nitrogens with one attached hydrogen (secondary N) is 1. The van der Waals surface area contributed by atoms with Gasteiger partial charge in [-0.2, -0.15) is 0 Å². The van der Waals surface area contributed by atoms with E-state index in [2.05, 4.69) is 5.32 Å². The molecule has 2 rings (SSSR count). The van der Waals surface area contributed by atoms with Gasteiger partial charge in [0.2, 0.25) is 5.91 Å². The number of carboxylic acids is 1. The predicted octanol–water partition coefficient (Wildman–Crippen LogP) is 2.18. The van der Waals surface area contributed by atoms with Gasteiger partial charge in [-0.3, -0.25) is 9.59 Å². The maximum absolute atomic E-state index is 11.9. The minimum Gasteiger partial charge on any atom is -0.481 e. The standard InChI is InChI=1S/C16H20N2O3/c1-11(2)17-15(19)10-18-9-12(7-8-16(20)21)13-5-3-4-6-14(13)18/h3-6,9,11H,7-8,10H2,1-2H3,(H,17,19)(H,20,21). The van der Waals surface area contributed by atoms with Crippen LogP contribution in [0.25, 0.3) is 10.9 Å². The molecule has 112 valence electrons. The van der Waals surface area contributed by atoms with E-state index in [1.807, 2.05) is 48.9 Å². The molecule has 0 saturated heterocycles. The highest BCUT2D eigenvalue weighted by Gasteiger charge is 2.12. The van der Waals surface area contributed by atoms with Gasteiger partial charge in [-0.15, -0.1) is 0 Å². The number of benzene rings is 1. The van der Waals surface area contributed by atoms with E-state index < -0.39 is 5.97 Å². The van der Waals surface area contributed by atoms with Gasteiger partial charge in [-0.25, -0.2) is 0 Å². The van der Waals surface area contributed by atoms with Crippen molar-refractivity contribution in [3.05, 3.63) is 36.0 Å². The van der Waals surface area contributed by atoms with Crippen LogP contribution in [0.2, 0.25) is 0 Å². The Hall–Kier alpha value is -2.30. The number of hydrogen-bond donors (Lipinski definition) is 2. The number of carboxylic acid groups (broad SMARTS) is 1. The lowest BCUT2D eigenvalue weighted by Crippen LogP contribution is -2.32. The van der Waals surface area contributed by atoms with Crippen molar-refractivity contribution in [3.8, 4) is 0 Å². The number of aromatic nitrogens is 1. The average Bonchev–Trinajstić information content (AvgIpc) is 2.74. The lowest BCUT2D eigenvalue weighted by atomic mass is 10.1. The molecular weight excluding hydrogens is 268 g/mol. The van der Waals surface area contributed by atoms with Crippen LogP contribution in [0, 0.1) is 0 Å². The van der Waals surface area contributed by atoms with Crippen LogP contribution in [0.15, 0.2) is 30.5 Å². The maximum atomic E-state index is 11.9. The van der Waals surface area contributed by atoms with Gasteiger partial charge < -0.3 is 15.0 Å². The quantitative estimate of drug-likeness (QED) is 0.856. The van der Waals surface area contributed by atoms with E-state index in [-0.39, 0.29) is 24.9 Å². The Labute approximate surface area is 123 Å². The summed E-state index contributed by atoms with van der Waals surface area (Å²) in [6.45, 7) is 4.08. The van der Waals surface area contributed by atoms with Crippen molar-refractivity contribution in [1.82, 2.24) is 9.88 Å². The van der Waals surface area contributed by atoms with Crippen LogP contribution in [0.4, 0.5) is 0 Å². The summed E-state index contributed by atoms with van der Waals surface area (Å²) in [6.07, 6.45) is 2.44. The molecule has 0 aliphatic heterocycles. The zero-order valence-electron chi connectivity index (χ0n) is 12.3. The van der Waals surface area contributed by atoms with E-state index in [0.717, 1.165) is 16.5 Å². The number of hydrogen-bond acceptors (Lipinski definition) is 2. The van der Waals surface area contributed by atoms with Gasteiger partial charge in [-0.05, 0) is 31.9 Å². The highest BCUT2D eigenvalue weighted by molar-refractivity contribution is 5.86. The summed E-state index contributed by atoms with van der Waals surface area (Å²) in [7, 11) is 0. The highest BCUT2D eigenvalue weighted by Crippen LogP contribution is 2.22. The van der Waals surface area contributed by atoms with Gasteiger partial charge in [0.25, 0.3) is 0 Å². The van der Waals surface area contributed by atoms with Crippen LogP contribution in [0.1, 0.15) is 25.8 Å². The number of aliphatic carboxylic acids is 1. The smallest absolute Gasteiger partial charge is 0.303 e.